The Hall–Kier alpha value is -3.69. The SMILES string of the molecule is COC(=O)c1[nH]c(-c2ccc([N+](=O)[O-])cc2)c(C(=O)OC)c1C(=O)OC. The van der Waals surface area contributed by atoms with Crippen molar-refractivity contribution in [1.29, 1.82) is 0 Å². The first-order chi connectivity index (χ1) is 12.3. The molecule has 0 aliphatic carbocycles. The second-order valence-corrected chi connectivity index (χ2v) is 4.90. The van der Waals surface area contributed by atoms with Crippen LogP contribution in [0, 0.1) is 10.1 Å². The number of nitro groups is 1. The molecule has 10 heteroatoms. The Morgan fingerprint density at radius 3 is 1.85 bits per heavy atom. The summed E-state index contributed by atoms with van der Waals surface area (Å²) in [5.74, 6) is -2.75. The van der Waals surface area contributed by atoms with Gasteiger partial charge in [0.05, 0.1) is 31.9 Å². The number of hydrogen-bond acceptors (Lipinski definition) is 8. The van der Waals surface area contributed by atoms with Gasteiger partial charge in [-0.2, -0.15) is 0 Å². The Kier molecular flexibility index (Phi) is 5.36. The Bertz CT molecular complexity index is 882. The number of carbonyl (C=O) groups is 3. The molecule has 0 spiro atoms. The molecule has 1 N–H and O–H groups in total. The van der Waals surface area contributed by atoms with Gasteiger partial charge in [0.2, 0.25) is 0 Å². The van der Waals surface area contributed by atoms with Crippen LogP contribution in [0.2, 0.25) is 0 Å². The predicted molar refractivity (Wildman–Crippen MR) is 86.9 cm³/mol. The number of nitrogens with zero attached hydrogens (tertiary/aromatic N) is 1. The van der Waals surface area contributed by atoms with E-state index < -0.39 is 22.8 Å². The lowest BCUT2D eigenvalue weighted by Gasteiger charge is -2.05. The van der Waals surface area contributed by atoms with Crippen LogP contribution in [0.25, 0.3) is 11.3 Å². The van der Waals surface area contributed by atoms with Gasteiger partial charge in [0.1, 0.15) is 16.8 Å². The van der Waals surface area contributed by atoms with Gasteiger partial charge in [-0.05, 0) is 17.7 Å². The molecule has 1 heterocycles. The summed E-state index contributed by atoms with van der Waals surface area (Å²) in [4.78, 5) is 49.2. The maximum absolute atomic E-state index is 12.2. The van der Waals surface area contributed by atoms with Crippen LogP contribution in [-0.4, -0.2) is 49.1 Å². The minimum Gasteiger partial charge on any atom is -0.465 e. The number of hydrogen-bond donors (Lipinski definition) is 1. The summed E-state index contributed by atoms with van der Waals surface area (Å²) in [5, 5.41) is 10.8. The first kappa shape index (κ1) is 18.6. The van der Waals surface area contributed by atoms with E-state index in [4.69, 9.17) is 4.74 Å². The second kappa shape index (κ2) is 7.47. The molecule has 2 aromatic rings. The molecule has 0 fully saturated rings. The van der Waals surface area contributed by atoms with Gasteiger partial charge in [-0.1, -0.05) is 0 Å². The van der Waals surface area contributed by atoms with Crippen molar-refractivity contribution in [1.82, 2.24) is 4.98 Å². The molecule has 0 saturated carbocycles. The van der Waals surface area contributed by atoms with Crippen molar-refractivity contribution in [2.24, 2.45) is 0 Å². The van der Waals surface area contributed by atoms with Crippen LogP contribution < -0.4 is 0 Å². The predicted octanol–water partition coefficient (Wildman–Crippen LogP) is 1.95. The lowest BCUT2D eigenvalue weighted by molar-refractivity contribution is -0.384. The maximum atomic E-state index is 12.2. The number of methoxy groups -OCH3 is 3. The highest BCUT2D eigenvalue weighted by Crippen LogP contribution is 2.31. The molecule has 1 aromatic carbocycles. The van der Waals surface area contributed by atoms with Gasteiger partial charge in [0.15, 0.2) is 0 Å². The van der Waals surface area contributed by atoms with E-state index in [-0.39, 0.29) is 28.2 Å². The van der Waals surface area contributed by atoms with Crippen molar-refractivity contribution in [3.63, 3.8) is 0 Å². The third-order valence-electron chi connectivity index (χ3n) is 3.54. The fraction of sp³-hybridized carbons (Fsp3) is 0.188. The minimum atomic E-state index is -0.949. The number of rotatable bonds is 5. The van der Waals surface area contributed by atoms with Gasteiger partial charge in [-0.25, -0.2) is 14.4 Å². The molecular formula is C16H14N2O8. The van der Waals surface area contributed by atoms with Crippen molar-refractivity contribution in [2.45, 2.75) is 0 Å². The summed E-state index contributed by atoms with van der Waals surface area (Å²) in [6, 6.07) is 5.15. The quantitative estimate of drug-likeness (QED) is 0.369. The van der Waals surface area contributed by atoms with Crippen molar-refractivity contribution < 1.29 is 33.5 Å². The molecule has 0 saturated heterocycles. The number of esters is 3. The van der Waals surface area contributed by atoms with Gasteiger partial charge >= 0.3 is 17.9 Å². The normalized spacial score (nSPS) is 10.1. The Morgan fingerprint density at radius 2 is 1.38 bits per heavy atom. The fourth-order valence-electron chi connectivity index (χ4n) is 2.33. The van der Waals surface area contributed by atoms with Crippen molar-refractivity contribution >= 4 is 23.6 Å². The number of aromatic nitrogens is 1. The smallest absolute Gasteiger partial charge is 0.355 e. The fourth-order valence-corrected chi connectivity index (χ4v) is 2.33. The molecular weight excluding hydrogens is 348 g/mol. The molecule has 0 aliphatic heterocycles. The Balaban J connectivity index is 2.77. The monoisotopic (exact) mass is 362 g/mol. The van der Waals surface area contributed by atoms with Crippen LogP contribution in [0.4, 0.5) is 5.69 Å². The molecule has 0 atom stereocenters. The van der Waals surface area contributed by atoms with Crippen LogP contribution in [0.5, 0.6) is 0 Å². The molecule has 0 amide bonds. The standard InChI is InChI=1S/C16H14N2O8/c1-24-14(19)10-11(15(20)25-2)13(16(21)26-3)17-12(10)8-4-6-9(7-5-8)18(22)23/h4-7,17H,1-3H3. The average Bonchev–Trinajstić information content (AvgIpc) is 3.06. The van der Waals surface area contributed by atoms with Crippen molar-refractivity contribution in [3.05, 3.63) is 51.2 Å². The third kappa shape index (κ3) is 3.24. The van der Waals surface area contributed by atoms with E-state index in [0.29, 0.717) is 5.56 Å². The number of ether oxygens (including phenoxy) is 3. The van der Waals surface area contributed by atoms with E-state index in [9.17, 15) is 24.5 Å². The van der Waals surface area contributed by atoms with E-state index in [0.717, 1.165) is 21.3 Å². The number of aromatic amines is 1. The van der Waals surface area contributed by atoms with E-state index in [2.05, 4.69) is 14.5 Å². The lowest BCUT2D eigenvalue weighted by Crippen LogP contribution is -2.14. The van der Waals surface area contributed by atoms with Gasteiger partial charge in [-0.3, -0.25) is 10.1 Å². The zero-order valence-electron chi connectivity index (χ0n) is 14.0. The summed E-state index contributed by atoms with van der Waals surface area (Å²) >= 11 is 0. The molecule has 2 rings (SSSR count). The van der Waals surface area contributed by atoms with E-state index in [1.54, 1.807) is 0 Å². The van der Waals surface area contributed by atoms with E-state index in [1.165, 1.54) is 24.3 Å². The zero-order valence-corrected chi connectivity index (χ0v) is 14.0. The first-order valence-electron chi connectivity index (χ1n) is 7.11. The first-order valence-corrected chi connectivity index (χ1v) is 7.11. The molecule has 1 aromatic heterocycles. The van der Waals surface area contributed by atoms with Crippen LogP contribution in [0.1, 0.15) is 31.2 Å². The van der Waals surface area contributed by atoms with Gasteiger partial charge in [0.25, 0.3) is 5.69 Å². The molecule has 0 radical (unpaired) electrons. The number of H-pyrrole nitrogens is 1. The summed E-state index contributed by atoms with van der Waals surface area (Å²) in [6.07, 6.45) is 0. The molecule has 0 unspecified atom stereocenters. The highest BCUT2D eigenvalue weighted by Gasteiger charge is 2.33. The summed E-state index contributed by atoms with van der Waals surface area (Å²) in [6.45, 7) is 0. The average molecular weight is 362 g/mol. The number of non-ortho nitro benzene ring substituents is 1. The van der Waals surface area contributed by atoms with E-state index in [1.807, 2.05) is 0 Å². The third-order valence-corrected chi connectivity index (χ3v) is 3.54. The van der Waals surface area contributed by atoms with Crippen molar-refractivity contribution in [3.8, 4) is 11.3 Å². The minimum absolute atomic E-state index is 0.0625. The van der Waals surface area contributed by atoms with Gasteiger partial charge in [0, 0.05) is 12.1 Å². The Labute approximate surface area is 146 Å². The van der Waals surface area contributed by atoms with Crippen LogP contribution in [0.15, 0.2) is 24.3 Å². The molecule has 0 aliphatic rings. The number of nitrogens with one attached hydrogen (secondary N) is 1. The molecule has 10 nitrogen and oxygen atoms in total. The van der Waals surface area contributed by atoms with Gasteiger partial charge < -0.3 is 19.2 Å². The summed E-state index contributed by atoms with van der Waals surface area (Å²) in [7, 11) is 3.30. The highest BCUT2D eigenvalue weighted by atomic mass is 16.6. The Morgan fingerprint density at radius 1 is 0.885 bits per heavy atom. The van der Waals surface area contributed by atoms with Crippen LogP contribution in [-0.2, 0) is 14.2 Å². The summed E-state index contributed by atoms with van der Waals surface area (Å²) in [5.41, 5.74) is -0.675. The number of benzene rings is 1. The highest BCUT2D eigenvalue weighted by molar-refractivity contribution is 6.13. The topological polar surface area (TPSA) is 138 Å². The van der Waals surface area contributed by atoms with Gasteiger partial charge in [-0.15, -0.1) is 0 Å². The largest absolute Gasteiger partial charge is 0.465 e. The van der Waals surface area contributed by atoms with Crippen LogP contribution in [0.3, 0.4) is 0 Å². The molecule has 136 valence electrons. The van der Waals surface area contributed by atoms with E-state index >= 15 is 0 Å². The lowest BCUT2D eigenvalue weighted by atomic mass is 10.0. The van der Waals surface area contributed by atoms with Crippen molar-refractivity contribution in [2.75, 3.05) is 21.3 Å². The summed E-state index contributed by atoms with van der Waals surface area (Å²) < 4.78 is 14.0. The molecule has 0 bridgehead atoms. The van der Waals surface area contributed by atoms with Crippen LogP contribution >= 0.6 is 0 Å². The maximum Gasteiger partial charge on any atom is 0.355 e. The zero-order chi connectivity index (χ0) is 19.4. The number of carbonyl (C=O) groups excluding carboxylic acids is 3. The second-order valence-electron chi connectivity index (χ2n) is 4.90. The number of nitro benzene ring substituents is 1. The molecule has 26 heavy (non-hydrogen) atoms.